The lowest BCUT2D eigenvalue weighted by molar-refractivity contribution is 0.274. The van der Waals surface area contributed by atoms with Crippen molar-refractivity contribution in [2.75, 3.05) is 6.26 Å². The number of aryl methyl sites for hydroxylation is 1. The Kier molecular flexibility index (Phi) is 5.78. The molecule has 0 N–H and O–H groups in total. The summed E-state index contributed by atoms with van der Waals surface area (Å²) in [5, 5.41) is 0. The van der Waals surface area contributed by atoms with Gasteiger partial charge in [-0.15, -0.1) is 11.8 Å². The Morgan fingerprint density at radius 2 is 1.67 bits per heavy atom. The van der Waals surface area contributed by atoms with E-state index in [0.717, 1.165) is 5.56 Å². The summed E-state index contributed by atoms with van der Waals surface area (Å²) in [5.74, 6) is 0.767. The Bertz CT molecular complexity index is 543. The molecule has 2 rings (SSSR count). The summed E-state index contributed by atoms with van der Waals surface area (Å²) in [6.07, 6.45) is 8.10. The Labute approximate surface area is 133 Å². The standard InChI is InChI=1S/C17H26O2S2/c1-13-9-11-16(12-10-13)21(18,19)17(20-3)14(2)15-7-5-4-6-8-15/h9-12,14-15,17H,4-8H2,1-3H3/t14-,17+/m0/s1. The van der Waals surface area contributed by atoms with Gasteiger partial charge in [-0.25, -0.2) is 8.42 Å². The fourth-order valence-corrected chi connectivity index (χ4v) is 6.94. The van der Waals surface area contributed by atoms with E-state index < -0.39 is 9.84 Å². The zero-order chi connectivity index (χ0) is 15.5. The summed E-state index contributed by atoms with van der Waals surface area (Å²) in [4.78, 5) is 0.468. The van der Waals surface area contributed by atoms with Gasteiger partial charge >= 0.3 is 0 Å². The maximum Gasteiger partial charge on any atom is 0.190 e. The fraction of sp³-hybridized carbons (Fsp3) is 0.647. The third kappa shape index (κ3) is 3.84. The molecule has 0 heterocycles. The molecule has 1 aliphatic carbocycles. The lowest BCUT2D eigenvalue weighted by atomic mass is 9.81. The molecule has 21 heavy (non-hydrogen) atoms. The molecule has 0 amide bonds. The zero-order valence-electron chi connectivity index (χ0n) is 13.2. The van der Waals surface area contributed by atoms with E-state index >= 15 is 0 Å². The normalized spacial score (nSPS) is 20.1. The summed E-state index contributed by atoms with van der Waals surface area (Å²) in [6, 6.07) is 7.27. The molecule has 4 heteroatoms. The molecule has 1 fully saturated rings. The van der Waals surface area contributed by atoms with E-state index in [0.29, 0.717) is 10.8 Å². The first kappa shape index (κ1) is 16.9. The molecule has 2 nitrogen and oxygen atoms in total. The average Bonchev–Trinajstić information content (AvgIpc) is 2.49. The highest BCUT2D eigenvalue weighted by molar-refractivity contribution is 8.13. The number of sulfone groups is 1. The van der Waals surface area contributed by atoms with Crippen LogP contribution in [-0.2, 0) is 9.84 Å². The van der Waals surface area contributed by atoms with Crippen LogP contribution in [0.25, 0.3) is 0 Å². The average molecular weight is 327 g/mol. The van der Waals surface area contributed by atoms with Gasteiger partial charge < -0.3 is 0 Å². The minimum absolute atomic E-state index is 0.214. The van der Waals surface area contributed by atoms with Crippen LogP contribution in [0.15, 0.2) is 29.2 Å². The van der Waals surface area contributed by atoms with Gasteiger partial charge in [0.1, 0.15) is 4.58 Å². The van der Waals surface area contributed by atoms with Gasteiger partial charge in [0.05, 0.1) is 4.90 Å². The van der Waals surface area contributed by atoms with E-state index in [1.165, 1.54) is 43.9 Å². The van der Waals surface area contributed by atoms with Crippen LogP contribution in [0.1, 0.15) is 44.6 Å². The van der Waals surface area contributed by atoms with E-state index in [9.17, 15) is 8.42 Å². The maximum absolute atomic E-state index is 12.9. The van der Waals surface area contributed by atoms with Crippen LogP contribution in [0.3, 0.4) is 0 Å². The maximum atomic E-state index is 12.9. The lowest BCUT2D eigenvalue weighted by Crippen LogP contribution is -2.31. The van der Waals surface area contributed by atoms with Crippen LogP contribution in [0, 0.1) is 18.8 Å². The molecule has 2 atom stereocenters. The van der Waals surface area contributed by atoms with Crippen LogP contribution in [0.2, 0.25) is 0 Å². The van der Waals surface area contributed by atoms with Crippen molar-refractivity contribution in [3.8, 4) is 0 Å². The second-order valence-electron chi connectivity index (χ2n) is 6.22. The zero-order valence-corrected chi connectivity index (χ0v) is 14.8. The molecular weight excluding hydrogens is 300 g/mol. The predicted octanol–water partition coefficient (Wildman–Crippen LogP) is 4.67. The van der Waals surface area contributed by atoms with Gasteiger partial charge in [-0.1, -0.05) is 56.7 Å². The van der Waals surface area contributed by atoms with Gasteiger partial charge in [-0.3, -0.25) is 0 Å². The van der Waals surface area contributed by atoms with Crippen LogP contribution >= 0.6 is 11.8 Å². The van der Waals surface area contributed by atoms with Crippen LogP contribution in [0.5, 0.6) is 0 Å². The first-order valence-electron chi connectivity index (χ1n) is 7.80. The van der Waals surface area contributed by atoms with Crippen LogP contribution < -0.4 is 0 Å². The van der Waals surface area contributed by atoms with Crippen molar-refractivity contribution in [3.63, 3.8) is 0 Å². The highest BCUT2D eigenvalue weighted by atomic mass is 32.3. The monoisotopic (exact) mass is 326 g/mol. The van der Waals surface area contributed by atoms with E-state index in [-0.39, 0.29) is 10.5 Å². The molecule has 1 aliphatic rings. The topological polar surface area (TPSA) is 34.1 Å². The number of benzene rings is 1. The molecule has 0 bridgehead atoms. The quantitative estimate of drug-likeness (QED) is 0.788. The fourth-order valence-electron chi connectivity index (χ4n) is 3.37. The second-order valence-corrected chi connectivity index (χ2v) is 9.57. The van der Waals surface area contributed by atoms with E-state index in [1.807, 2.05) is 25.3 Å². The van der Waals surface area contributed by atoms with Crippen molar-refractivity contribution >= 4 is 21.6 Å². The van der Waals surface area contributed by atoms with Crippen molar-refractivity contribution in [1.82, 2.24) is 0 Å². The third-order valence-corrected chi connectivity index (χ3v) is 8.91. The van der Waals surface area contributed by atoms with Gasteiger partial charge in [-0.05, 0) is 37.1 Å². The molecule has 0 radical (unpaired) electrons. The summed E-state index contributed by atoms with van der Waals surface area (Å²) >= 11 is 1.49. The molecule has 1 aromatic rings. The molecule has 1 saturated carbocycles. The van der Waals surface area contributed by atoms with Gasteiger partial charge in [0.25, 0.3) is 0 Å². The number of thioether (sulfide) groups is 1. The largest absolute Gasteiger partial charge is 0.223 e. The summed E-state index contributed by atoms with van der Waals surface area (Å²) in [5.41, 5.74) is 1.09. The van der Waals surface area contributed by atoms with E-state index in [4.69, 9.17) is 0 Å². The van der Waals surface area contributed by atoms with Crippen molar-refractivity contribution in [3.05, 3.63) is 29.8 Å². The summed E-state index contributed by atoms with van der Waals surface area (Å²) in [7, 11) is -3.25. The SMILES string of the molecule is CS[C@@H]([C@@H](C)C1CCCCC1)S(=O)(=O)c1ccc(C)cc1. The highest BCUT2D eigenvalue weighted by Crippen LogP contribution is 2.38. The van der Waals surface area contributed by atoms with Gasteiger partial charge in [0, 0.05) is 0 Å². The van der Waals surface area contributed by atoms with Crippen molar-refractivity contribution in [2.45, 2.75) is 55.4 Å². The van der Waals surface area contributed by atoms with Crippen LogP contribution in [-0.4, -0.2) is 19.3 Å². The third-order valence-electron chi connectivity index (χ3n) is 4.71. The molecule has 0 unspecified atom stereocenters. The van der Waals surface area contributed by atoms with Crippen molar-refractivity contribution < 1.29 is 8.42 Å². The number of hydrogen-bond donors (Lipinski definition) is 0. The molecule has 118 valence electrons. The Hall–Kier alpha value is -0.480. The van der Waals surface area contributed by atoms with E-state index in [2.05, 4.69) is 6.92 Å². The molecule has 0 saturated heterocycles. The Balaban J connectivity index is 2.24. The van der Waals surface area contributed by atoms with Gasteiger partial charge in [0.2, 0.25) is 0 Å². The summed E-state index contributed by atoms with van der Waals surface area (Å²) in [6.45, 7) is 4.11. The van der Waals surface area contributed by atoms with E-state index in [1.54, 1.807) is 12.1 Å². The van der Waals surface area contributed by atoms with Gasteiger partial charge in [-0.2, -0.15) is 0 Å². The first-order chi connectivity index (χ1) is 9.96. The molecule has 0 aliphatic heterocycles. The van der Waals surface area contributed by atoms with Crippen LogP contribution in [0.4, 0.5) is 0 Å². The van der Waals surface area contributed by atoms with Gasteiger partial charge in [0.15, 0.2) is 9.84 Å². The smallest absolute Gasteiger partial charge is 0.190 e. The Morgan fingerprint density at radius 1 is 1.10 bits per heavy atom. The number of hydrogen-bond acceptors (Lipinski definition) is 3. The highest BCUT2D eigenvalue weighted by Gasteiger charge is 2.36. The lowest BCUT2D eigenvalue weighted by Gasteiger charge is -2.32. The number of rotatable bonds is 5. The van der Waals surface area contributed by atoms with Crippen molar-refractivity contribution in [1.29, 1.82) is 0 Å². The Morgan fingerprint density at radius 3 is 2.19 bits per heavy atom. The van der Waals surface area contributed by atoms with Crippen molar-refractivity contribution in [2.24, 2.45) is 11.8 Å². The predicted molar refractivity (Wildman–Crippen MR) is 91.4 cm³/mol. The molecular formula is C17H26O2S2. The minimum atomic E-state index is -3.25. The summed E-state index contributed by atoms with van der Waals surface area (Å²) < 4.78 is 25.5. The molecule has 1 aromatic carbocycles. The second kappa shape index (κ2) is 7.19. The molecule has 0 aromatic heterocycles. The first-order valence-corrected chi connectivity index (χ1v) is 10.6. The molecule has 0 spiro atoms. The minimum Gasteiger partial charge on any atom is -0.223 e.